The normalized spacial score (nSPS) is 11.9. The van der Waals surface area contributed by atoms with E-state index < -0.39 is 11.4 Å². The zero-order chi connectivity index (χ0) is 17.6. The van der Waals surface area contributed by atoms with Gasteiger partial charge in [-0.25, -0.2) is 14.4 Å². The van der Waals surface area contributed by atoms with Crippen LogP contribution in [0.1, 0.15) is 25.0 Å². The molecule has 0 saturated heterocycles. The average molecular weight is 347 g/mol. The van der Waals surface area contributed by atoms with Gasteiger partial charge >= 0.3 is 0 Å². The highest BCUT2D eigenvalue weighted by molar-refractivity contribution is 6.33. The van der Waals surface area contributed by atoms with E-state index in [0.29, 0.717) is 22.2 Å². The van der Waals surface area contributed by atoms with Crippen molar-refractivity contribution in [2.75, 3.05) is 5.73 Å². The zero-order valence-corrected chi connectivity index (χ0v) is 14.2. The number of aliphatic hydroxyl groups is 1. The number of pyridine rings is 1. The van der Waals surface area contributed by atoms with E-state index in [2.05, 4.69) is 15.0 Å². The maximum atomic E-state index is 14.5. The predicted octanol–water partition coefficient (Wildman–Crippen LogP) is 3.60. The van der Waals surface area contributed by atoms with E-state index in [1.54, 1.807) is 19.9 Å². The van der Waals surface area contributed by atoms with Gasteiger partial charge in [-0.15, -0.1) is 0 Å². The Labute approximate surface area is 143 Å². The predicted molar refractivity (Wildman–Crippen MR) is 92.1 cm³/mol. The number of nitrogen functional groups attached to an aromatic ring is 1. The summed E-state index contributed by atoms with van der Waals surface area (Å²) in [6.45, 7) is 5.13. The lowest BCUT2D eigenvalue weighted by atomic mass is 9.92. The summed E-state index contributed by atoms with van der Waals surface area (Å²) in [6, 6.07) is 3.05. The molecule has 5 nitrogen and oxygen atoms in total. The highest BCUT2D eigenvalue weighted by atomic mass is 35.5. The Morgan fingerprint density at radius 2 is 1.92 bits per heavy atom. The Morgan fingerprint density at radius 1 is 1.21 bits per heavy atom. The van der Waals surface area contributed by atoms with Crippen molar-refractivity contribution in [1.29, 1.82) is 0 Å². The second-order valence-corrected chi connectivity index (χ2v) is 6.54. The molecule has 0 unspecified atom stereocenters. The molecule has 0 aliphatic carbocycles. The minimum absolute atomic E-state index is 0.0509. The number of hydrogen-bond donors (Lipinski definition) is 2. The Balaban J connectivity index is 2.33. The van der Waals surface area contributed by atoms with Gasteiger partial charge in [0.2, 0.25) is 5.95 Å². The van der Waals surface area contributed by atoms with Crippen LogP contribution in [0.5, 0.6) is 0 Å². The van der Waals surface area contributed by atoms with Gasteiger partial charge in [-0.1, -0.05) is 11.6 Å². The van der Waals surface area contributed by atoms with Gasteiger partial charge in [-0.3, -0.25) is 4.98 Å². The van der Waals surface area contributed by atoms with Crippen molar-refractivity contribution in [3.05, 3.63) is 46.5 Å². The first-order valence-electron chi connectivity index (χ1n) is 7.28. The van der Waals surface area contributed by atoms with Crippen LogP contribution in [-0.2, 0) is 5.60 Å². The lowest BCUT2D eigenvalue weighted by molar-refractivity contribution is 0.0777. The van der Waals surface area contributed by atoms with Crippen LogP contribution in [0.4, 0.5) is 10.3 Å². The molecular weight excluding hydrogens is 331 g/mol. The van der Waals surface area contributed by atoms with E-state index in [1.807, 2.05) is 6.92 Å². The molecule has 24 heavy (non-hydrogen) atoms. The topological polar surface area (TPSA) is 84.9 Å². The molecule has 3 aromatic rings. The molecule has 1 aromatic carbocycles. The summed E-state index contributed by atoms with van der Waals surface area (Å²) in [5, 5.41) is 11.1. The Morgan fingerprint density at radius 3 is 2.58 bits per heavy atom. The van der Waals surface area contributed by atoms with E-state index in [4.69, 9.17) is 17.3 Å². The smallest absolute Gasteiger partial charge is 0.220 e. The molecule has 0 fully saturated rings. The molecule has 7 heteroatoms. The number of fused-ring (bicyclic) bond motifs is 1. The maximum Gasteiger partial charge on any atom is 0.220 e. The first-order valence-corrected chi connectivity index (χ1v) is 7.66. The van der Waals surface area contributed by atoms with Crippen LogP contribution in [0.15, 0.2) is 24.5 Å². The number of aromatic nitrogens is 3. The molecule has 3 N–H and O–H groups in total. The standard InChI is InChI=1S/C17H16ClFN4O/c1-8-10-4-9(14-12(18)7-22-16(20)23-14)5-13(19)15(10)21-6-11(8)17(2,3)24/h4-7,24H,1-3H3,(H2,20,22,23). The van der Waals surface area contributed by atoms with E-state index in [9.17, 15) is 9.50 Å². The van der Waals surface area contributed by atoms with E-state index >= 15 is 0 Å². The van der Waals surface area contributed by atoms with E-state index in [-0.39, 0.29) is 16.5 Å². The molecule has 0 amide bonds. The lowest BCUT2D eigenvalue weighted by Crippen LogP contribution is -2.17. The fourth-order valence-corrected chi connectivity index (χ4v) is 2.92. The van der Waals surface area contributed by atoms with Gasteiger partial charge in [0, 0.05) is 22.7 Å². The highest BCUT2D eigenvalue weighted by Gasteiger charge is 2.22. The van der Waals surface area contributed by atoms with Crippen LogP contribution >= 0.6 is 11.6 Å². The molecule has 0 spiro atoms. The molecule has 0 aliphatic heterocycles. The third-order valence-corrected chi connectivity index (χ3v) is 4.17. The molecule has 0 aliphatic rings. The number of rotatable bonds is 2. The number of hydrogen-bond acceptors (Lipinski definition) is 5. The Hall–Kier alpha value is -2.31. The van der Waals surface area contributed by atoms with Gasteiger partial charge in [0.1, 0.15) is 11.3 Å². The maximum absolute atomic E-state index is 14.5. The second kappa shape index (κ2) is 5.65. The largest absolute Gasteiger partial charge is 0.386 e. The SMILES string of the molecule is Cc1c(C(C)(C)O)cnc2c(F)cc(-c3nc(N)ncc3Cl)cc12. The number of nitrogens with zero attached hydrogens (tertiary/aromatic N) is 3. The number of benzene rings is 1. The van der Waals surface area contributed by atoms with E-state index in [0.717, 1.165) is 5.56 Å². The summed E-state index contributed by atoms with van der Waals surface area (Å²) >= 11 is 6.12. The van der Waals surface area contributed by atoms with Crippen LogP contribution in [0.2, 0.25) is 5.02 Å². The minimum atomic E-state index is -1.09. The van der Waals surface area contributed by atoms with Gasteiger partial charge in [0.25, 0.3) is 0 Å². The quantitative estimate of drug-likeness (QED) is 0.740. The van der Waals surface area contributed by atoms with Gasteiger partial charge in [-0.05, 0) is 38.5 Å². The van der Waals surface area contributed by atoms with Crippen LogP contribution in [-0.4, -0.2) is 20.1 Å². The molecule has 0 radical (unpaired) electrons. The average Bonchev–Trinajstić information content (AvgIpc) is 2.49. The number of nitrogens with two attached hydrogens (primary N) is 1. The summed E-state index contributed by atoms with van der Waals surface area (Å²) in [6.07, 6.45) is 2.87. The summed E-state index contributed by atoms with van der Waals surface area (Å²) < 4.78 is 14.5. The van der Waals surface area contributed by atoms with Crippen molar-refractivity contribution in [3.8, 4) is 11.3 Å². The molecule has 0 bridgehead atoms. The van der Waals surface area contributed by atoms with Gasteiger partial charge in [0.05, 0.1) is 22.5 Å². The lowest BCUT2D eigenvalue weighted by Gasteiger charge is -2.21. The second-order valence-electron chi connectivity index (χ2n) is 6.13. The molecule has 3 rings (SSSR count). The molecule has 2 heterocycles. The molecule has 0 atom stereocenters. The zero-order valence-electron chi connectivity index (χ0n) is 13.4. The third kappa shape index (κ3) is 2.79. The summed E-state index contributed by atoms with van der Waals surface area (Å²) in [7, 11) is 0. The van der Waals surface area contributed by atoms with Crippen LogP contribution in [0.3, 0.4) is 0 Å². The summed E-state index contributed by atoms with van der Waals surface area (Å²) in [5.74, 6) is -0.448. The summed E-state index contributed by atoms with van der Waals surface area (Å²) in [4.78, 5) is 12.1. The monoisotopic (exact) mass is 346 g/mol. The molecule has 2 aromatic heterocycles. The first-order chi connectivity index (χ1) is 11.2. The fraction of sp³-hybridized carbons (Fsp3) is 0.235. The van der Waals surface area contributed by atoms with Crippen molar-refractivity contribution in [1.82, 2.24) is 15.0 Å². The fourth-order valence-electron chi connectivity index (χ4n) is 2.72. The van der Waals surface area contributed by atoms with Crippen LogP contribution in [0, 0.1) is 12.7 Å². The number of aryl methyl sites for hydroxylation is 1. The Bertz CT molecular complexity index is 953. The first kappa shape index (κ1) is 16.5. The third-order valence-electron chi connectivity index (χ3n) is 3.89. The van der Waals surface area contributed by atoms with Gasteiger partial charge in [-0.2, -0.15) is 0 Å². The number of halogens is 2. The Kier molecular flexibility index (Phi) is 3.89. The van der Waals surface area contributed by atoms with Crippen molar-refractivity contribution >= 4 is 28.5 Å². The molecule has 124 valence electrons. The highest BCUT2D eigenvalue weighted by Crippen LogP contribution is 2.33. The summed E-state index contributed by atoms with van der Waals surface area (Å²) in [5.41, 5.74) is 6.92. The van der Waals surface area contributed by atoms with Crippen molar-refractivity contribution in [3.63, 3.8) is 0 Å². The van der Waals surface area contributed by atoms with Crippen LogP contribution in [0.25, 0.3) is 22.2 Å². The minimum Gasteiger partial charge on any atom is -0.386 e. The van der Waals surface area contributed by atoms with E-state index in [1.165, 1.54) is 18.5 Å². The van der Waals surface area contributed by atoms with Crippen molar-refractivity contribution in [2.45, 2.75) is 26.4 Å². The van der Waals surface area contributed by atoms with Crippen molar-refractivity contribution < 1.29 is 9.50 Å². The van der Waals surface area contributed by atoms with Gasteiger partial charge < -0.3 is 10.8 Å². The number of anilines is 1. The molecular formula is C17H16ClFN4O. The van der Waals surface area contributed by atoms with Crippen molar-refractivity contribution in [2.24, 2.45) is 0 Å². The molecule has 0 saturated carbocycles. The van der Waals surface area contributed by atoms with Gasteiger partial charge in [0.15, 0.2) is 0 Å². The van der Waals surface area contributed by atoms with Crippen LogP contribution < -0.4 is 5.73 Å².